The lowest BCUT2D eigenvalue weighted by atomic mass is 10.2. The zero-order chi connectivity index (χ0) is 13.5. The van der Waals surface area contributed by atoms with Gasteiger partial charge in [-0.25, -0.2) is 8.78 Å². The van der Waals surface area contributed by atoms with E-state index in [4.69, 9.17) is 4.74 Å². The van der Waals surface area contributed by atoms with Gasteiger partial charge in [-0.2, -0.15) is 0 Å². The van der Waals surface area contributed by atoms with E-state index in [1.54, 1.807) is 6.92 Å². The summed E-state index contributed by atoms with van der Waals surface area (Å²) in [5.41, 5.74) is 0.567. The molecule has 0 bridgehead atoms. The molecule has 0 aromatic heterocycles. The molecule has 1 aromatic carbocycles. The van der Waals surface area contributed by atoms with Crippen molar-refractivity contribution in [1.82, 2.24) is 5.32 Å². The summed E-state index contributed by atoms with van der Waals surface area (Å²) in [5.74, 6) is -1.71. The van der Waals surface area contributed by atoms with Gasteiger partial charge in [0.05, 0.1) is 0 Å². The Morgan fingerprint density at radius 1 is 1.39 bits per heavy atom. The van der Waals surface area contributed by atoms with Gasteiger partial charge in [-0.3, -0.25) is 0 Å². The molecule has 1 unspecified atom stereocenters. The van der Waals surface area contributed by atoms with Gasteiger partial charge in [-0.05, 0) is 37.6 Å². The highest BCUT2D eigenvalue weighted by Crippen LogP contribution is 2.24. The first-order chi connectivity index (χ1) is 8.58. The van der Waals surface area contributed by atoms with Gasteiger partial charge < -0.3 is 10.1 Å². The Hall–Kier alpha value is -1.42. The molecule has 0 saturated heterocycles. The third-order valence-electron chi connectivity index (χ3n) is 2.45. The zero-order valence-corrected chi connectivity index (χ0v) is 10.8. The molecule has 0 aliphatic heterocycles. The summed E-state index contributed by atoms with van der Waals surface area (Å²) >= 11 is 0. The molecule has 0 spiro atoms. The zero-order valence-electron chi connectivity index (χ0n) is 10.8. The van der Waals surface area contributed by atoms with Crippen LogP contribution in [0.5, 0.6) is 5.75 Å². The number of halogens is 2. The molecule has 0 saturated carbocycles. The van der Waals surface area contributed by atoms with Crippen LogP contribution in [0.15, 0.2) is 24.8 Å². The molecule has 0 aliphatic carbocycles. The molecular weight excluding hydrogens is 236 g/mol. The Balaban J connectivity index is 2.80. The minimum Gasteiger partial charge on any atom is -0.481 e. The lowest BCUT2D eigenvalue weighted by Gasteiger charge is -2.13. The van der Waals surface area contributed by atoms with Crippen molar-refractivity contribution in [3.8, 4) is 5.75 Å². The van der Waals surface area contributed by atoms with Crippen LogP contribution in [0.2, 0.25) is 0 Å². The second kappa shape index (κ2) is 7.11. The van der Waals surface area contributed by atoms with Crippen molar-refractivity contribution in [2.75, 3.05) is 6.54 Å². The van der Waals surface area contributed by atoms with Crippen molar-refractivity contribution in [1.29, 1.82) is 0 Å². The van der Waals surface area contributed by atoms with E-state index in [2.05, 4.69) is 11.9 Å². The van der Waals surface area contributed by atoms with E-state index in [0.717, 1.165) is 13.0 Å². The minimum absolute atomic E-state index is 0.346. The Labute approximate surface area is 107 Å². The van der Waals surface area contributed by atoms with Gasteiger partial charge in [0, 0.05) is 6.54 Å². The largest absolute Gasteiger partial charge is 0.481 e. The van der Waals surface area contributed by atoms with E-state index in [9.17, 15) is 8.78 Å². The summed E-state index contributed by atoms with van der Waals surface area (Å²) < 4.78 is 32.5. The summed E-state index contributed by atoms with van der Waals surface area (Å²) in [4.78, 5) is 0. The highest BCUT2D eigenvalue weighted by molar-refractivity contribution is 5.31. The fourth-order valence-electron chi connectivity index (χ4n) is 1.47. The number of benzene rings is 1. The van der Waals surface area contributed by atoms with E-state index >= 15 is 0 Å². The number of nitrogens with one attached hydrogen (secondary N) is 1. The molecule has 1 aromatic rings. The maximum absolute atomic E-state index is 13.7. The fourth-order valence-corrected chi connectivity index (χ4v) is 1.47. The molecule has 2 nitrogen and oxygen atoms in total. The second-order valence-corrected chi connectivity index (χ2v) is 4.12. The van der Waals surface area contributed by atoms with Gasteiger partial charge in [-0.15, -0.1) is 0 Å². The number of hydrogen-bond acceptors (Lipinski definition) is 2. The second-order valence-electron chi connectivity index (χ2n) is 4.12. The predicted molar refractivity (Wildman–Crippen MR) is 68.6 cm³/mol. The summed E-state index contributed by atoms with van der Waals surface area (Å²) in [5, 5.41) is 3.09. The van der Waals surface area contributed by atoms with Crippen LogP contribution in [0, 0.1) is 11.6 Å². The third-order valence-corrected chi connectivity index (χ3v) is 2.45. The molecule has 18 heavy (non-hydrogen) atoms. The molecule has 0 aliphatic rings. The molecule has 100 valence electrons. The Morgan fingerprint density at radius 3 is 2.50 bits per heavy atom. The van der Waals surface area contributed by atoms with Crippen molar-refractivity contribution < 1.29 is 13.5 Å². The highest BCUT2D eigenvalue weighted by atomic mass is 19.1. The van der Waals surface area contributed by atoms with Crippen molar-refractivity contribution in [2.24, 2.45) is 0 Å². The average molecular weight is 255 g/mol. The van der Waals surface area contributed by atoms with Crippen LogP contribution in [-0.4, -0.2) is 12.6 Å². The molecule has 1 N–H and O–H groups in total. The molecule has 0 fully saturated rings. The van der Waals surface area contributed by atoms with Crippen LogP contribution >= 0.6 is 0 Å². The topological polar surface area (TPSA) is 21.3 Å². The number of hydrogen-bond donors (Lipinski definition) is 1. The maximum Gasteiger partial charge on any atom is 0.191 e. The lowest BCUT2D eigenvalue weighted by molar-refractivity contribution is 0.243. The Morgan fingerprint density at radius 2 is 2.00 bits per heavy atom. The van der Waals surface area contributed by atoms with Gasteiger partial charge in [0.1, 0.15) is 6.10 Å². The summed E-state index contributed by atoms with van der Waals surface area (Å²) in [6.07, 6.45) is 2.02. The van der Waals surface area contributed by atoms with Gasteiger partial charge in [0.15, 0.2) is 17.4 Å². The van der Waals surface area contributed by atoms with Crippen LogP contribution in [0.25, 0.3) is 0 Å². The minimum atomic E-state index is -0.683. The van der Waals surface area contributed by atoms with Crippen LogP contribution in [0.1, 0.15) is 25.8 Å². The van der Waals surface area contributed by atoms with Crippen LogP contribution in [0.4, 0.5) is 8.78 Å². The molecular formula is C14H19F2NO. The molecule has 1 rings (SSSR count). The first-order valence-corrected chi connectivity index (χ1v) is 6.06. The highest BCUT2D eigenvalue weighted by Gasteiger charge is 2.14. The maximum atomic E-state index is 13.7. The number of rotatable bonds is 7. The SMILES string of the molecule is C=CC(C)Oc1c(F)cc(CNCCC)cc1F. The molecule has 1 atom stereocenters. The molecule has 0 amide bonds. The van der Waals surface area contributed by atoms with Crippen LogP contribution in [0.3, 0.4) is 0 Å². The first-order valence-electron chi connectivity index (χ1n) is 6.06. The van der Waals surface area contributed by atoms with Gasteiger partial charge in [-0.1, -0.05) is 19.6 Å². The van der Waals surface area contributed by atoms with Crippen molar-refractivity contribution >= 4 is 0 Å². The predicted octanol–water partition coefficient (Wildman–Crippen LogP) is 3.42. The Kier molecular flexibility index (Phi) is 5.78. The first kappa shape index (κ1) is 14.6. The average Bonchev–Trinajstić information content (AvgIpc) is 2.34. The third kappa shape index (κ3) is 4.11. The molecule has 0 heterocycles. The van der Waals surface area contributed by atoms with Gasteiger partial charge >= 0.3 is 0 Å². The molecule has 4 heteroatoms. The summed E-state index contributed by atoms with van der Waals surface area (Å²) in [6, 6.07) is 2.58. The summed E-state index contributed by atoms with van der Waals surface area (Å²) in [6.45, 7) is 8.46. The van der Waals surface area contributed by atoms with E-state index in [1.807, 2.05) is 6.92 Å². The van der Waals surface area contributed by atoms with Crippen molar-refractivity contribution in [3.05, 3.63) is 42.0 Å². The number of ether oxygens (including phenoxy) is 1. The van der Waals surface area contributed by atoms with Gasteiger partial charge in [0.2, 0.25) is 0 Å². The normalized spacial score (nSPS) is 12.2. The standard InChI is InChI=1S/C14H19F2NO/c1-4-6-17-9-11-7-12(15)14(13(16)8-11)18-10(3)5-2/h5,7-8,10,17H,2,4,6,9H2,1,3H3. The van der Waals surface area contributed by atoms with Crippen LogP contribution in [-0.2, 0) is 6.54 Å². The smallest absolute Gasteiger partial charge is 0.191 e. The van der Waals surface area contributed by atoms with E-state index in [0.29, 0.717) is 12.1 Å². The van der Waals surface area contributed by atoms with E-state index in [-0.39, 0.29) is 5.75 Å². The van der Waals surface area contributed by atoms with E-state index < -0.39 is 17.7 Å². The van der Waals surface area contributed by atoms with Gasteiger partial charge in [0.25, 0.3) is 0 Å². The fraction of sp³-hybridized carbons (Fsp3) is 0.429. The quantitative estimate of drug-likeness (QED) is 0.595. The van der Waals surface area contributed by atoms with Crippen LogP contribution < -0.4 is 10.1 Å². The lowest BCUT2D eigenvalue weighted by Crippen LogP contribution is -2.15. The van der Waals surface area contributed by atoms with E-state index in [1.165, 1.54) is 18.2 Å². The monoisotopic (exact) mass is 255 g/mol. The summed E-state index contributed by atoms with van der Waals surface area (Å²) in [7, 11) is 0. The van der Waals surface area contributed by atoms with Crippen molar-refractivity contribution in [3.63, 3.8) is 0 Å². The molecule has 0 radical (unpaired) electrons. The van der Waals surface area contributed by atoms with Crippen molar-refractivity contribution in [2.45, 2.75) is 32.9 Å². The Bertz CT molecular complexity index is 384.